The minimum atomic E-state index is -0.351. The Labute approximate surface area is 172 Å². The van der Waals surface area contributed by atoms with Crippen LogP contribution in [0.4, 0.5) is 5.69 Å². The summed E-state index contributed by atoms with van der Waals surface area (Å²) in [4.78, 5) is 19.6. The molecule has 3 aromatic carbocycles. The molecule has 0 aliphatic heterocycles. The summed E-state index contributed by atoms with van der Waals surface area (Å²) in [6, 6.07) is 20.3. The van der Waals surface area contributed by atoms with Crippen LogP contribution in [0.15, 0.2) is 69.9 Å². The maximum absolute atomic E-state index is 12.7. The molecule has 0 saturated heterocycles. The van der Waals surface area contributed by atoms with Crippen molar-refractivity contribution < 1.29 is 4.42 Å². The SMILES string of the molecule is CCN(CC)c1ccc2cc3cc(-c4nc5ccccc5s4)c(=O)oc3cc2c1. The molecular weight excluding hydrogens is 380 g/mol. The van der Waals surface area contributed by atoms with Gasteiger partial charge in [-0.15, -0.1) is 11.3 Å². The third-order valence-corrected chi connectivity index (χ3v) is 6.40. The van der Waals surface area contributed by atoms with Gasteiger partial charge in [0.2, 0.25) is 0 Å². The van der Waals surface area contributed by atoms with Gasteiger partial charge < -0.3 is 9.32 Å². The molecule has 0 bridgehead atoms. The first-order valence-corrected chi connectivity index (χ1v) is 10.6. The monoisotopic (exact) mass is 400 g/mol. The van der Waals surface area contributed by atoms with Crippen LogP contribution in [0, 0.1) is 0 Å². The summed E-state index contributed by atoms with van der Waals surface area (Å²) in [5.41, 5.74) is 2.84. The van der Waals surface area contributed by atoms with Crippen LogP contribution in [0.3, 0.4) is 0 Å². The lowest BCUT2D eigenvalue weighted by atomic mass is 10.1. The zero-order valence-electron chi connectivity index (χ0n) is 16.3. The smallest absolute Gasteiger partial charge is 0.346 e. The number of fused-ring (bicyclic) bond motifs is 3. The largest absolute Gasteiger partial charge is 0.422 e. The average Bonchev–Trinajstić information content (AvgIpc) is 3.16. The summed E-state index contributed by atoms with van der Waals surface area (Å²) in [7, 11) is 0. The van der Waals surface area contributed by atoms with E-state index in [0.29, 0.717) is 16.2 Å². The lowest BCUT2D eigenvalue weighted by Gasteiger charge is -2.21. The van der Waals surface area contributed by atoms with E-state index in [1.807, 2.05) is 36.4 Å². The van der Waals surface area contributed by atoms with E-state index in [1.165, 1.54) is 17.0 Å². The maximum Gasteiger partial charge on any atom is 0.346 e. The van der Waals surface area contributed by atoms with Gasteiger partial charge in [-0.3, -0.25) is 0 Å². The Bertz CT molecular complexity index is 1380. The topological polar surface area (TPSA) is 46.3 Å². The summed E-state index contributed by atoms with van der Waals surface area (Å²) >= 11 is 1.51. The zero-order valence-corrected chi connectivity index (χ0v) is 17.1. The molecule has 0 N–H and O–H groups in total. The quantitative estimate of drug-likeness (QED) is 0.271. The maximum atomic E-state index is 12.7. The molecule has 0 aliphatic carbocycles. The summed E-state index contributed by atoms with van der Waals surface area (Å²) in [5.74, 6) is 0. The van der Waals surface area contributed by atoms with Crippen LogP contribution in [0.25, 0.3) is 42.5 Å². The molecule has 0 atom stereocenters. The molecule has 5 rings (SSSR count). The highest BCUT2D eigenvalue weighted by Crippen LogP contribution is 2.31. The number of hydrogen-bond donors (Lipinski definition) is 0. The third-order valence-electron chi connectivity index (χ3n) is 5.33. The van der Waals surface area contributed by atoms with Crippen molar-refractivity contribution in [2.24, 2.45) is 0 Å². The number of thiazole rings is 1. The van der Waals surface area contributed by atoms with E-state index in [1.54, 1.807) is 0 Å². The van der Waals surface area contributed by atoms with Crippen molar-refractivity contribution in [3.63, 3.8) is 0 Å². The van der Waals surface area contributed by atoms with E-state index in [0.717, 1.165) is 39.5 Å². The number of anilines is 1. The molecule has 0 saturated carbocycles. The highest BCUT2D eigenvalue weighted by molar-refractivity contribution is 7.21. The molecule has 0 spiro atoms. The van der Waals surface area contributed by atoms with Crippen LogP contribution in [-0.2, 0) is 0 Å². The lowest BCUT2D eigenvalue weighted by molar-refractivity contribution is 0.564. The van der Waals surface area contributed by atoms with Gasteiger partial charge in [-0.2, -0.15) is 0 Å². The van der Waals surface area contributed by atoms with Crippen LogP contribution in [0.5, 0.6) is 0 Å². The minimum Gasteiger partial charge on any atom is -0.422 e. The van der Waals surface area contributed by atoms with Crippen molar-refractivity contribution in [2.75, 3.05) is 18.0 Å². The van der Waals surface area contributed by atoms with Crippen molar-refractivity contribution in [3.05, 3.63) is 71.1 Å². The van der Waals surface area contributed by atoms with Gasteiger partial charge in [0.1, 0.15) is 10.6 Å². The van der Waals surface area contributed by atoms with E-state index in [-0.39, 0.29) is 5.63 Å². The van der Waals surface area contributed by atoms with Gasteiger partial charge in [0, 0.05) is 24.2 Å². The van der Waals surface area contributed by atoms with Gasteiger partial charge in [-0.05, 0) is 67.1 Å². The highest BCUT2D eigenvalue weighted by atomic mass is 32.1. The molecular formula is C24H20N2O2S. The second kappa shape index (κ2) is 7.01. The molecule has 29 heavy (non-hydrogen) atoms. The average molecular weight is 401 g/mol. The van der Waals surface area contributed by atoms with Gasteiger partial charge in [0.25, 0.3) is 0 Å². The first kappa shape index (κ1) is 17.9. The summed E-state index contributed by atoms with van der Waals surface area (Å²) in [5, 5.41) is 3.79. The third kappa shape index (κ3) is 3.08. The van der Waals surface area contributed by atoms with Gasteiger partial charge in [-0.1, -0.05) is 18.2 Å². The van der Waals surface area contributed by atoms with E-state index in [2.05, 4.69) is 48.0 Å². The van der Waals surface area contributed by atoms with E-state index in [9.17, 15) is 4.79 Å². The minimum absolute atomic E-state index is 0.351. The van der Waals surface area contributed by atoms with Crippen molar-refractivity contribution >= 4 is 49.0 Å². The number of rotatable bonds is 4. The molecule has 2 aromatic heterocycles. The summed E-state index contributed by atoms with van der Waals surface area (Å²) < 4.78 is 6.76. The molecule has 0 aliphatic rings. The molecule has 5 heteroatoms. The number of benzene rings is 3. The van der Waals surface area contributed by atoms with Crippen molar-refractivity contribution in [3.8, 4) is 10.6 Å². The first-order valence-electron chi connectivity index (χ1n) is 9.79. The second-order valence-corrected chi connectivity index (χ2v) is 8.06. The molecule has 0 amide bonds. The Kier molecular flexibility index (Phi) is 4.32. The van der Waals surface area contributed by atoms with Crippen molar-refractivity contribution in [2.45, 2.75) is 13.8 Å². The normalized spacial score (nSPS) is 11.5. The Morgan fingerprint density at radius 1 is 0.931 bits per heavy atom. The van der Waals surface area contributed by atoms with Gasteiger partial charge in [-0.25, -0.2) is 9.78 Å². The number of aromatic nitrogens is 1. The van der Waals surface area contributed by atoms with Crippen LogP contribution in [0.1, 0.15) is 13.8 Å². The Hall–Kier alpha value is -3.18. The molecule has 5 aromatic rings. The fraction of sp³-hybridized carbons (Fsp3) is 0.167. The Balaban J connectivity index is 1.67. The van der Waals surface area contributed by atoms with Gasteiger partial charge in [0.05, 0.1) is 15.8 Å². The summed E-state index contributed by atoms with van der Waals surface area (Å²) in [6.07, 6.45) is 0. The Morgan fingerprint density at radius 3 is 2.55 bits per heavy atom. The fourth-order valence-corrected chi connectivity index (χ4v) is 4.74. The number of hydrogen-bond acceptors (Lipinski definition) is 5. The fourth-order valence-electron chi connectivity index (χ4n) is 3.77. The molecule has 0 unspecified atom stereocenters. The first-order chi connectivity index (χ1) is 14.2. The molecule has 2 heterocycles. The van der Waals surface area contributed by atoms with Crippen LogP contribution in [0.2, 0.25) is 0 Å². The van der Waals surface area contributed by atoms with Crippen molar-refractivity contribution in [1.82, 2.24) is 4.98 Å². The van der Waals surface area contributed by atoms with Gasteiger partial charge in [0.15, 0.2) is 0 Å². The van der Waals surface area contributed by atoms with Crippen LogP contribution in [-0.4, -0.2) is 18.1 Å². The molecule has 0 fully saturated rings. The second-order valence-electron chi connectivity index (χ2n) is 7.03. The van der Waals surface area contributed by atoms with Crippen LogP contribution < -0.4 is 10.5 Å². The van der Waals surface area contributed by atoms with E-state index >= 15 is 0 Å². The van der Waals surface area contributed by atoms with Gasteiger partial charge >= 0.3 is 5.63 Å². The van der Waals surface area contributed by atoms with Crippen LogP contribution >= 0.6 is 11.3 Å². The zero-order chi connectivity index (χ0) is 20.0. The molecule has 144 valence electrons. The number of nitrogens with zero attached hydrogens (tertiary/aromatic N) is 2. The highest BCUT2D eigenvalue weighted by Gasteiger charge is 2.13. The number of para-hydroxylation sites is 1. The Morgan fingerprint density at radius 2 is 1.76 bits per heavy atom. The predicted octanol–water partition coefficient (Wildman–Crippen LogP) is 6.07. The van der Waals surface area contributed by atoms with E-state index < -0.39 is 0 Å². The lowest BCUT2D eigenvalue weighted by Crippen LogP contribution is -2.21. The predicted molar refractivity (Wildman–Crippen MR) is 122 cm³/mol. The summed E-state index contributed by atoms with van der Waals surface area (Å²) in [6.45, 7) is 6.21. The van der Waals surface area contributed by atoms with E-state index in [4.69, 9.17) is 4.42 Å². The molecule has 4 nitrogen and oxygen atoms in total. The molecule has 0 radical (unpaired) electrons. The van der Waals surface area contributed by atoms with Crippen molar-refractivity contribution in [1.29, 1.82) is 0 Å². The standard InChI is InChI=1S/C24H20N2O2S/c1-3-26(4-2)18-10-9-15-11-17-13-19(24(27)28-21(17)14-16(15)12-18)23-25-20-7-5-6-8-22(20)29-23/h5-14H,3-4H2,1-2H3.